The number of carbonyl (C=O) groups is 1. The van der Waals surface area contributed by atoms with Crippen molar-refractivity contribution in [2.75, 3.05) is 13.6 Å². The monoisotopic (exact) mass is 201 g/mol. The van der Waals surface area contributed by atoms with Gasteiger partial charge in [-0.15, -0.1) is 0 Å². The molecule has 1 rings (SSSR count). The van der Waals surface area contributed by atoms with Crippen molar-refractivity contribution in [3.05, 3.63) is 0 Å². The lowest BCUT2D eigenvalue weighted by molar-refractivity contribution is -0.127. The van der Waals surface area contributed by atoms with Crippen LogP contribution >= 0.6 is 0 Å². The molecule has 0 aromatic heterocycles. The van der Waals surface area contributed by atoms with Crippen LogP contribution in [0.2, 0.25) is 0 Å². The molecule has 5 N–H and O–H groups in total. The first-order valence-electron chi connectivity index (χ1n) is 5.31. The SMILES string of the molecule is CC.CNC[C@]1(C(N)=O)CCC(N)C1. The maximum absolute atomic E-state index is 11.2. The summed E-state index contributed by atoms with van der Waals surface area (Å²) in [4.78, 5) is 11.2. The Morgan fingerprint density at radius 1 is 1.57 bits per heavy atom. The molecule has 1 aliphatic carbocycles. The Bertz CT molecular complexity index is 180. The van der Waals surface area contributed by atoms with Crippen LogP contribution in [0.1, 0.15) is 33.1 Å². The van der Waals surface area contributed by atoms with Crippen LogP contribution in [0.4, 0.5) is 0 Å². The van der Waals surface area contributed by atoms with Gasteiger partial charge < -0.3 is 16.8 Å². The largest absolute Gasteiger partial charge is 0.369 e. The van der Waals surface area contributed by atoms with E-state index in [-0.39, 0.29) is 17.4 Å². The summed E-state index contributed by atoms with van der Waals surface area (Å²) >= 11 is 0. The van der Waals surface area contributed by atoms with Crippen LogP contribution in [-0.4, -0.2) is 25.5 Å². The van der Waals surface area contributed by atoms with Crippen LogP contribution < -0.4 is 16.8 Å². The second kappa shape index (κ2) is 5.98. The molecule has 0 bridgehead atoms. The van der Waals surface area contributed by atoms with Crippen LogP contribution in [-0.2, 0) is 4.79 Å². The number of rotatable bonds is 3. The van der Waals surface area contributed by atoms with E-state index in [4.69, 9.17) is 11.5 Å². The molecule has 1 aliphatic rings. The third-order valence-electron chi connectivity index (χ3n) is 2.68. The Kier molecular flexibility index (Phi) is 5.72. The Hall–Kier alpha value is -0.610. The fraction of sp³-hybridized carbons (Fsp3) is 0.900. The lowest BCUT2D eigenvalue weighted by Crippen LogP contribution is -2.43. The van der Waals surface area contributed by atoms with Crippen molar-refractivity contribution in [1.82, 2.24) is 5.32 Å². The van der Waals surface area contributed by atoms with Gasteiger partial charge in [0.05, 0.1) is 5.41 Å². The fourth-order valence-corrected chi connectivity index (χ4v) is 1.98. The summed E-state index contributed by atoms with van der Waals surface area (Å²) in [6.45, 7) is 4.65. The molecule has 0 spiro atoms. The Morgan fingerprint density at radius 2 is 2.14 bits per heavy atom. The maximum Gasteiger partial charge on any atom is 0.224 e. The van der Waals surface area contributed by atoms with Gasteiger partial charge in [-0.3, -0.25) is 4.79 Å². The zero-order chi connectivity index (χ0) is 11.2. The third kappa shape index (κ3) is 2.96. The first kappa shape index (κ1) is 13.4. The molecule has 1 fully saturated rings. The fourth-order valence-electron chi connectivity index (χ4n) is 1.98. The zero-order valence-corrected chi connectivity index (χ0v) is 9.47. The Labute approximate surface area is 86.4 Å². The number of amides is 1. The van der Waals surface area contributed by atoms with E-state index in [1.54, 1.807) is 0 Å². The summed E-state index contributed by atoms with van der Waals surface area (Å²) < 4.78 is 0. The highest BCUT2D eigenvalue weighted by molar-refractivity contribution is 5.81. The van der Waals surface area contributed by atoms with E-state index in [0.717, 1.165) is 19.3 Å². The second-order valence-corrected chi connectivity index (χ2v) is 3.68. The molecule has 1 unspecified atom stereocenters. The molecule has 1 saturated carbocycles. The summed E-state index contributed by atoms with van der Waals surface area (Å²) in [6, 6.07) is 0.144. The number of carbonyl (C=O) groups excluding carboxylic acids is 1. The van der Waals surface area contributed by atoms with Gasteiger partial charge in [-0.2, -0.15) is 0 Å². The molecule has 0 saturated heterocycles. The zero-order valence-electron chi connectivity index (χ0n) is 9.47. The first-order chi connectivity index (χ1) is 6.60. The van der Waals surface area contributed by atoms with Gasteiger partial charge in [-0.05, 0) is 26.3 Å². The van der Waals surface area contributed by atoms with Gasteiger partial charge in [0.15, 0.2) is 0 Å². The molecule has 84 valence electrons. The van der Waals surface area contributed by atoms with E-state index < -0.39 is 0 Å². The Balaban J connectivity index is 0.000000791. The van der Waals surface area contributed by atoms with Crippen molar-refractivity contribution in [3.63, 3.8) is 0 Å². The van der Waals surface area contributed by atoms with Gasteiger partial charge in [0.1, 0.15) is 0 Å². The molecule has 0 heterocycles. The number of nitrogens with two attached hydrogens (primary N) is 2. The highest BCUT2D eigenvalue weighted by Gasteiger charge is 2.42. The third-order valence-corrected chi connectivity index (χ3v) is 2.68. The molecular weight excluding hydrogens is 178 g/mol. The van der Waals surface area contributed by atoms with E-state index in [1.165, 1.54) is 0 Å². The summed E-state index contributed by atoms with van der Waals surface area (Å²) in [5.41, 5.74) is 10.7. The minimum Gasteiger partial charge on any atom is -0.369 e. The van der Waals surface area contributed by atoms with Gasteiger partial charge in [-0.1, -0.05) is 13.8 Å². The minimum absolute atomic E-state index is 0.144. The van der Waals surface area contributed by atoms with E-state index in [0.29, 0.717) is 6.54 Å². The summed E-state index contributed by atoms with van der Waals surface area (Å²) in [6.07, 6.45) is 2.46. The van der Waals surface area contributed by atoms with Gasteiger partial charge in [0, 0.05) is 12.6 Å². The van der Waals surface area contributed by atoms with Gasteiger partial charge in [0.2, 0.25) is 5.91 Å². The minimum atomic E-state index is -0.381. The first-order valence-corrected chi connectivity index (χ1v) is 5.31. The van der Waals surface area contributed by atoms with Gasteiger partial charge in [0.25, 0.3) is 0 Å². The molecule has 0 radical (unpaired) electrons. The predicted octanol–water partition coefficient (Wildman–Crippen LogP) is 0.215. The molecule has 0 aliphatic heterocycles. The number of hydrogen-bond donors (Lipinski definition) is 3. The number of primary amides is 1. The van der Waals surface area contributed by atoms with Crippen LogP contribution in [0.25, 0.3) is 0 Å². The van der Waals surface area contributed by atoms with Crippen LogP contribution in [0.15, 0.2) is 0 Å². The lowest BCUT2D eigenvalue weighted by Gasteiger charge is -2.24. The molecule has 14 heavy (non-hydrogen) atoms. The van der Waals surface area contributed by atoms with E-state index >= 15 is 0 Å². The second-order valence-electron chi connectivity index (χ2n) is 3.68. The topological polar surface area (TPSA) is 81.1 Å². The number of hydrogen-bond acceptors (Lipinski definition) is 3. The van der Waals surface area contributed by atoms with Crippen molar-refractivity contribution < 1.29 is 4.79 Å². The number of nitrogens with one attached hydrogen (secondary N) is 1. The molecule has 0 aromatic carbocycles. The van der Waals surface area contributed by atoms with E-state index in [1.807, 2.05) is 20.9 Å². The smallest absolute Gasteiger partial charge is 0.224 e. The van der Waals surface area contributed by atoms with Crippen LogP contribution in [0.5, 0.6) is 0 Å². The summed E-state index contributed by atoms with van der Waals surface area (Å²) in [7, 11) is 1.83. The molecule has 1 amide bonds. The Morgan fingerprint density at radius 3 is 2.43 bits per heavy atom. The molecule has 4 nitrogen and oxygen atoms in total. The summed E-state index contributed by atoms with van der Waals surface area (Å²) in [5.74, 6) is -0.218. The van der Waals surface area contributed by atoms with Crippen molar-refractivity contribution in [1.29, 1.82) is 0 Å². The van der Waals surface area contributed by atoms with Crippen molar-refractivity contribution in [2.45, 2.75) is 39.2 Å². The van der Waals surface area contributed by atoms with Crippen molar-refractivity contribution >= 4 is 5.91 Å². The predicted molar refractivity (Wildman–Crippen MR) is 58.7 cm³/mol. The van der Waals surface area contributed by atoms with Gasteiger partial charge >= 0.3 is 0 Å². The van der Waals surface area contributed by atoms with E-state index in [2.05, 4.69) is 5.32 Å². The molecular formula is C10H23N3O. The van der Waals surface area contributed by atoms with Gasteiger partial charge in [-0.25, -0.2) is 0 Å². The molecule has 0 aromatic rings. The average Bonchev–Trinajstić information content (AvgIpc) is 2.53. The van der Waals surface area contributed by atoms with Crippen LogP contribution in [0.3, 0.4) is 0 Å². The molecule has 2 atom stereocenters. The van der Waals surface area contributed by atoms with Crippen LogP contribution in [0, 0.1) is 5.41 Å². The van der Waals surface area contributed by atoms with E-state index in [9.17, 15) is 4.79 Å². The van der Waals surface area contributed by atoms with Crippen molar-refractivity contribution in [3.8, 4) is 0 Å². The van der Waals surface area contributed by atoms with Crippen molar-refractivity contribution in [2.24, 2.45) is 16.9 Å². The maximum atomic E-state index is 11.2. The highest BCUT2D eigenvalue weighted by Crippen LogP contribution is 2.36. The summed E-state index contributed by atoms with van der Waals surface area (Å²) in [5, 5.41) is 3.00. The molecule has 4 heteroatoms. The highest BCUT2D eigenvalue weighted by atomic mass is 16.1. The average molecular weight is 201 g/mol. The standard InChI is InChI=1S/C8H17N3O.C2H6/c1-11-5-8(7(10)12)3-2-6(9)4-8;1-2/h6,11H,2-5,9H2,1H3,(H2,10,12);1-2H3/t6?,8-;/m0./s1. The quantitative estimate of drug-likeness (QED) is 0.611. The normalized spacial score (nSPS) is 30.7. The lowest BCUT2D eigenvalue weighted by atomic mass is 9.85.